The molecular weight excluding hydrogens is 320 g/mol. The van der Waals surface area contributed by atoms with Crippen molar-refractivity contribution in [3.05, 3.63) is 20.8 Å². The summed E-state index contributed by atoms with van der Waals surface area (Å²) in [5.41, 5.74) is 3.07. The van der Waals surface area contributed by atoms with Gasteiger partial charge in [0.25, 0.3) is 0 Å². The van der Waals surface area contributed by atoms with Crippen molar-refractivity contribution in [2.75, 3.05) is 0 Å². The summed E-state index contributed by atoms with van der Waals surface area (Å²) in [4.78, 5) is 1.42. The lowest BCUT2D eigenvalue weighted by Gasteiger charge is -2.33. The smallest absolute Gasteiger partial charge is 0.0314 e. The van der Waals surface area contributed by atoms with Gasteiger partial charge in [-0.3, -0.25) is 11.3 Å². The molecule has 3 N–H and O–H groups in total. The van der Waals surface area contributed by atoms with Crippen molar-refractivity contribution in [1.29, 1.82) is 0 Å². The molecule has 1 unspecified atom stereocenters. The zero-order valence-corrected chi connectivity index (χ0v) is 14.1. The van der Waals surface area contributed by atoms with Crippen molar-refractivity contribution in [2.45, 2.75) is 57.9 Å². The molecule has 0 aliphatic heterocycles. The van der Waals surface area contributed by atoms with Gasteiger partial charge < -0.3 is 0 Å². The molecule has 1 aliphatic carbocycles. The van der Waals surface area contributed by atoms with Gasteiger partial charge in [-0.2, -0.15) is 0 Å². The second-order valence-corrected chi connectivity index (χ2v) is 7.59. The van der Waals surface area contributed by atoms with Crippen LogP contribution in [0.1, 0.15) is 50.3 Å². The van der Waals surface area contributed by atoms with E-state index in [1.807, 2.05) is 11.3 Å². The second-order valence-electron chi connectivity index (χ2n) is 5.74. The van der Waals surface area contributed by atoms with E-state index >= 15 is 0 Å². The molecule has 1 saturated carbocycles. The molecule has 1 aromatic heterocycles. The van der Waals surface area contributed by atoms with Crippen molar-refractivity contribution in [3.8, 4) is 0 Å². The number of hydrogen-bond donors (Lipinski definition) is 2. The van der Waals surface area contributed by atoms with Gasteiger partial charge in [-0.15, -0.1) is 11.3 Å². The molecule has 4 heteroatoms. The molecule has 108 valence electrons. The van der Waals surface area contributed by atoms with E-state index in [0.717, 1.165) is 18.3 Å². The highest BCUT2D eigenvalue weighted by Crippen LogP contribution is 2.35. The van der Waals surface area contributed by atoms with Gasteiger partial charge in [0.1, 0.15) is 0 Å². The van der Waals surface area contributed by atoms with Crippen LogP contribution in [0.15, 0.2) is 15.9 Å². The molecule has 2 nitrogen and oxygen atoms in total. The molecule has 0 bridgehead atoms. The van der Waals surface area contributed by atoms with E-state index in [1.165, 1.54) is 47.9 Å². The Kier molecular flexibility index (Phi) is 6.33. The highest BCUT2D eigenvalue weighted by Gasteiger charge is 2.27. The zero-order chi connectivity index (χ0) is 13.7. The van der Waals surface area contributed by atoms with Crippen molar-refractivity contribution >= 4 is 27.3 Å². The van der Waals surface area contributed by atoms with Gasteiger partial charge in [0.2, 0.25) is 0 Å². The van der Waals surface area contributed by atoms with E-state index in [9.17, 15) is 0 Å². The zero-order valence-electron chi connectivity index (χ0n) is 11.7. The molecule has 0 radical (unpaired) electrons. The van der Waals surface area contributed by atoms with E-state index in [4.69, 9.17) is 5.84 Å². The highest BCUT2D eigenvalue weighted by atomic mass is 79.9. The van der Waals surface area contributed by atoms with Crippen LogP contribution in [0.2, 0.25) is 0 Å². The maximum Gasteiger partial charge on any atom is 0.0314 e. The molecule has 0 spiro atoms. The van der Waals surface area contributed by atoms with E-state index in [-0.39, 0.29) is 0 Å². The van der Waals surface area contributed by atoms with Crippen LogP contribution in [-0.2, 0) is 6.42 Å². The molecular formula is C15H25BrN2S. The molecule has 1 fully saturated rings. The summed E-state index contributed by atoms with van der Waals surface area (Å²) in [6.45, 7) is 2.30. The molecule has 0 amide bonds. The SMILES string of the molecule is CCCC1CCC(C(Cc2sccc2Br)NN)CC1. The predicted octanol–water partition coefficient (Wildman–Crippen LogP) is 4.49. The van der Waals surface area contributed by atoms with Gasteiger partial charge in [-0.05, 0) is 58.5 Å². The topological polar surface area (TPSA) is 38.0 Å². The standard InChI is InChI=1S/C15H25BrN2S/c1-2-3-11-4-6-12(7-5-11)14(18-17)10-15-13(16)8-9-19-15/h8-9,11-12,14,18H,2-7,10,17H2,1H3. The van der Waals surface area contributed by atoms with Gasteiger partial charge >= 0.3 is 0 Å². The normalized spacial score (nSPS) is 25.4. The quantitative estimate of drug-likeness (QED) is 0.589. The molecule has 1 aliphatic rings. The van der Waals surface area contributed by atoms with Crippen molar-refractivity contribution in [2.24, 2.45) is 17.7 Å². The molecule has 1 heterocycles. The maximum absolute atomic E-state index is 5.80. The molecule has 1 atom stereocenters. The molecule has 0 aromatic carbocycles. The number of hydrazine groups is 1. The van der Waals surface area contributed by atoms with Gasteiger partial charge in [0.05, 0.1) is 0 Å². The first kappa shape index (κ1) is 15.5. The van der Waals surface area contributed by atoms with E-state index in [0.29, 0.717) is 6.04 Å². The average Bonchev–Trinajstić information content (AvgIpc) is 2.83. The summed E-state index contributed by atoms with van der Waals surface area (Å²) < 4.78 is 1.23. The Morgan fingerprint density at radius 3 is 2.68 bits per heavy atom. The summed E-state index contributed by atoms with van der Waals surface area (Å²) in [6.07, 6.45) is 9.24. The van der Waals surface area contributed by atoms with Crippen LogP contribution in [0.25, 0.3) is 0 Å². The number of halogens is 1. The lowest BCUT2D eigenvalue weighted by molar-refractivity contribution is 0.213. The minimum absolute atomic E-state index is 0.428. The van der Waals surface area contributed by atoms with Crippen LogP contribution in [0, 0.1) is 11.8 Å². The Hall–Kier alpha value is 0.1000. The number of nitrogens with two attached hydrogens (primary N) is 1. The first-order valence-corrected chi connectivity index (χ1v) is 9.09. The van der Waals surface area contributed by atoms with E-state index in [2.05, 4.69) is 39.7 Å². The number of thiophene rings is 1. The van der Waals surface area contributed by atoms with Crippen LogP contribution in [0.5, 0.6) is 0 Å². The third kappa shape index (κ3) is 4.28. The summed E-state index contributed by atoms with van der Waals surface area (Å²) in [5.74, 6) is 7.51. The minimum Gasteiger partial charge on any atom is -0.271 e. The second kappa shape index (κ2) is 7.77. The largest absolute Gasteiger partial charge is 0.271 e. The Morgan fingerprint density at radius 2 is 2.16 bits per heavy atom. The molecule has 0 saturated heterocycles. The molecule has 19 heavy (non-hydrogen) atoms. The van der Waals surface area contributed by atoms with Crippen LogP contribution < -0.4 is 11.3 Å². The van der Waals surface area contributed by atoms with Crippen LogP contribution >= 0.6 is 27.3 Å². The third-order valence-corrected chi connectivity index (χ3v) is 6.42. The van der Waals surface area contributed by atoms with E-state index < -0.39 is 0 Å². The predicted molar refractivity (Wildman–Crippen MR) is 87.2 cm³/mol. The van der Waals surface area contributed by atoms with Crippen molar-refractivity contribution in [1.82, 2.24) is 5.43 Å². The summed E-state index contributed by atoms with van der Waals surface area (Å²) >= 11 is 5.44. The fraction of sp³-hybridized carbons (Fsp3) is 0.733. The fourth-order valence-electron chi connectivity index (χ4n) is 3.32. The highest BCUT2D eigenvalue weighted by molar-refractivity contribution is 9.10. The lowest BCUT2D eigenvalue weighted by atomic mass is 9.76. The van der Waals surface area contributed by atoms with Gasteiger partial charge in [0, 0.05) is 15.4 Å². The van der Waals surface area contributed by atoms with Gasteiger partial charge in [0.15, 0.2) is 0 Å². The molecule has 2 rings (SSSR count). The van der Waals surface area contributed by atoms with Crippen molar-refractivity contribution in [3.63, 3.8) is 0 Å². The van der Waals surface area contributed by atoms with Gasteiger partial charge in [-0.25, -0.2) is 0 Å². The average molecular weight is 345 g/mol. The Balaban J connectivity index is 1.87. The van der Waals surface area contributed by atoms with Crippen molar-refractivity contribution < 1.29 is 0 Å². The fourth-order valence-corrected chi connectivity index (χ4v) is 4.89. The first-order chi connectivity index (χ1) is 9.24. The first-order valence-electron chi connectivity index (χ1n) is 7.42. The third-order valence-electron chi connectivity index (χ3n) is 4.47. The Morgan fingerprint density at radius 1 is 1.42 bits per heavy atom. The number of rotatable bonds is 6. The minimum atomic E-state index is 0.428. The summed E-state index contributed by atoms with van der Waals surface area (Å²) in [7, 11) is 0. The Bertz CT molecular complexity index is 372. The number of hydrogen-bond acceptors (Lipinski definition) is 3. The summed E-state index contributed by atoms with van der Waals surface area (Å²) in [6, 6.07) is 2.56. The van der Waals surface area contributed by atoms with Gasteiger partial charge in [-0.1, -0.05) is 32.6 Å². The summed E-state index contributed by atoms with van der Waals surface area (Å²) in [5, 5.41) is 2.14. The van der Waals surface area contributed by atoms with Crippen LogP contribution in [-0.4, -0.2) is 6.04 Å². The maximum atomic E-state index is 5.80. The monoisotopic (exact) mass is 344 g/mol. The molecule has 1 aromatic rings. The van der Waals surface area contributed by atoms with Crippen LogP contribution in [0.4, 0.5) is 0 Å². The Labute approximate surface area is 129 Å². The lowest BCUT2D eigenvalue weighted by Crippen LogP contribution is -2.43. The van der Waals surface area contributed by atoms with E-state index in [1.54, 1.807) is 0 Å². The number of nitrogens with one attached hydrogen (secondary N) is 1. The van der Waals surface area contributed by atoms with Crippen LogP contribution in [0.3, 0.4) is 0 Å².